The Hall–Kier alpha value is 0.289. The minimum absolute atomic E-state index is 0.799. The van der Waals surface area contributed by atoms with E-state index in [0.29, 0.717) is 0 Å². The molecule has 0 amide bonds. The summed E-state index contributed by atoms with van der Waals surface area (Å²) in [5.41, 5.74) is 0. The topological polar surface area (TPSA) is 23.8 Å². The van der Waals surface area contributed by atoms with E-state index < -0.39 is 19.8 Å². The summed E-state index contributed by atoms with van der Waals surface area (Å²) >= 11 is -0.969. The van der Waals surface area contributed by atoms with Crippen LogP contribution in [0.25, 0.3) is 0 Å². The summed E-state index contributed by atoms with van der Waals surface area (Å²) in [4.78, 5) is 4.66. The molecule has 0 spiro atoms. The molecule has 0 saturated carbocycles. The molecule has 0 aromatic carbocycles. The van der Waals surface area contributed by atoms with Crippen molar-refractivity contribution in [1.82, 2.24) is 0 Å². The van der Waals surface area contributed by atoms with Gasteiger partial charge in [-0.05, 0) is 0 Å². The molecule has 7 heavy (non-hydrogen) atoms. The summed E-state index contributed by atoms with van der Waals surface area (Å²) in [6, 6.07) is 2.15. The molecule has 0 radical (unpaired) electrons. The van der Waals surface area contributed by atoms with Crippen molar-refractivity contribution in [3.63, 3.8) is 0 Å². The van der Waals surface area contributed by atoms with Gasteiger partial charge in [0.2, 0.25) is 0 Å². The van der Waals surface area contributed by atoms with E-state index in [9.17, 15) is 0 Å². The van der Waals surface area contributed by atoms with Gasteiger partial charge in [-0.3, -0.25) is 0 Å². The molecule has 0 atom stereocenters. The molecule has 0 aliphatic carbocycles. The Morgan fingerprint density at radius 1 is 1.57 bits per heavy atom. The Morgan fingerprint density at radius 2 is 2.14 bits per heavy atom. The first-order valence-corrected chi connectivity index (χ1v) is 11.6. The molecule has 0 aliphatic rings. The van der Waals surface area contributed by atoms with Gasteiger partial charge in [0.1, 0.15) is 0 Å². The third-order valence-electron chi connectivity index (χ3n) is 0.833. The van der Waals surface area contributed by atoms with Gasteiger partial charge in [0.25, 0.3) is 0 Å². The summed E-state index contributed by atoms with van der Waals surface area (Å²) in [5, 5.41) is 8.10. The van der Waals surface area contributed by atoms with Crippen molar-refractivity contribution in [2.24, 2.45) is 0 Å². The fourth-order valence-corrected chi connectivity index (χ4v) is 2.37. The molecule has 2 heteroatoms. The molecule has 0 aromatic heterocycles. The second-order valence-electron chi connectivity index (χ2n) is 2.09. The molecule has 0 unspecified atom stereocenters. The first-order valence-electron chi connectivity index (χ1n) is 2.64. The third kappa shape index (κ3) is 6.29. The summed E-state index contributed by atoms with van der Waals surface area (Å²) in [6.07, 6.45) is 0.799. The van der Waals surface area contributed by atoms with E-state index in [1.807, 2.05) is 0 Å². The van der Waals surface area contributed by atoms with Gasteiger partial charge in [0, 0.05) is 0 Å². The minimum atomic E-state index is -0.969. The van der Waals surface area contributed by atoms with Crippen LogP contribution in [0.1, 0.15) is 6.42 Å². The van der Waals surface area contributed by atoms with Gasteiger partial charge in [-0.2, -0.15) is 0 Å². The Bertz CT molecular complexity index is 72.6. The quantitative estimate of drug-likeness (QED) is 0.623. The van der Waals surface area contributed by atoms with Crippen LogP contribution in [0.3, 0.4) is 0 Å². The van der Waals surface area contributed by atoms with Gasteiger partial charge in [-0.1, -0.05) is 0 Å². The summed E-state index contributed by atoms with van der Waals surface area (Å²) < 4.78 is 1.25. The average Bonchev–Trinajstić information content (AvgIpc) is 1.61. The van der Waals surface area contributed by atoms with E-state index in [2.05, 4.69) is 15.9 Å². The normalized spacial score (nSPS) is 8.86. The van der Waals surface area contributed by atoms with Crippen molar-refractivity contribution < 1.29 is 0 Å². The molecule has 0 aliphatic heterocycles. The Balaban J connectivity index is 2.86. The summed E-state index contributed by atoms with van der Waals surface area (Å²) in [5.74, 6) is 0. The number of rotatable bonds is 2. The zero-order valence-electron chi connectivity index (χ0n) is 4.94. The first kappa shape index (κ1) is 7.29. The van der Waals surface area contributed by atoms with E-state index in [0.717, 1.165) is 6.42 Å². The van der Waals surface area contributed by atoms with Crippen molar-refractivity contribution >= 4 is 19.8 Å². The van der Waals surface area contributed by atoms with Gasteiger partial charge < -0.3 is 0 Å². The van der Waals surface area contributed by atoms with E-state index >= 15 is 0 Å². The van der Waals surface area contributed by atoms with Crippen LogP contribution < -0.4 is 0 Å². The number of hydrogen-bond donors (Lipinski definition) is 0. The molecule has 40 valence electrons. The monoisotopic (exact) mass is 205 g/mol. The van der Waals surface area contributed by atoms with Crippen LogP contribution in [0, 0.1) is 11.3 Å². The van der Waals surface area contributed by atoms with Crippen molar-refractivity contribution in [3.8, 4) is 6.07 Å². The van der Waals surface area contributed by atoms with Crippen LogP contribution >= 0.6 is 0 Å². The second-order valence-corrected chi connectivity index (χ2v) is 11.7. The molecular formula is C5H11NSn. The van der Waals surface area contributed by atoms with Crippen LogP contribution in [0.2, 0.25) is 14.3 Å². The van der Waals surface area contributed by atoms with E-state index in [1.165, 1.54) is 4.44 Å². The standard InChI is InChI=1S/C3H4N.2CH3.Sn.H/c1-2-3-4;;;;/h1-2H2;2*1H3;;. The fraction of sp³-hybridized carbons (Fsp3) is 0.800. The third-order valence-corrected chi connectivity index (χ3v) is 4.95. The maximum atomic E-state index is 8.10. The molecule has 0 N–H and O–H groups in total. The van der Waals surface area contributed by atoms with Crippen molar-refractivity contribution in [3.05, 3.63) is 0 Å². The molecule has 0 saturated heterocycles. The Morgan fingerprint density at radius 3 is 2.29 bits per heavy atom. The van der Waals surface area contributed by atoms with Crippen molar-refractivity contribution in [2.75, 3.05) is 0 Å². The zero-order valence-corrected chi connectivity index (χ0v) is 8.23. The molecule has 0 rings (SSSR count). The Kier molecular flexibility index (Phi) is 4.63. The zero-order chi connectivity index (χ0) is 5.70. The van der Waals surface area contributed by atoms with Gasteiger partial charge >= 0.3 is 51.8 Å². The SMILES string of the molecule is [CH3][SnH]([CH3])[CH2]CC#N. The summed E-state index contributed by atoms with van der Waals surface area (Å²) in [6.45, 7) is 0. The Labute approximate surface area is 52.1 Å². The van der Waals surface area contributed by atoms with Crippen LogP contribution in [0.4, 0.5) is 0 Å². The first-order chi connectivity index (χ1) is 3.27. The van der Waals surface area contributed by atoms with Gasteiger partial charge in [0.05, 0.1) is 0 Å². The van der Waals surface area contributed by atoms with E-state index in [1.54, 1.807) is 0 Å². The average molecular weight is 204 g/mol. The van der Waals surface area contributed by atoms with Gasteiger partial charge in [0.15, 0.2) is 0 Å². The number of hydrogen-bond acceptors (Lipinski definition) is 1. The van der Waals surface area contributed by atoms with Crippen LogP contribution in [-0.4, -0.2) is 19.8 Å². The van der Waals surface area contributed by atoms with Crippen molar-refractivity contribution in [2.45, 2.75) is 20.7 Å². The van der Waals surface area contributed by atoms with Gasteiger partial charge in [-0.15, -0.1) is 0 Å². The molecule has 0 aromatic rings. The van der Waals surface area contributed by atoms with E-state index in [4.69, 9.17) is 5.26 Å². The fourth-order valence-electron chi connectivity index (χ4n) is 0.353. The number of nitriles is 1. The van der Waals surface area contributed by atoms with Crippen molar-refractivity contribution in [1.29, 1.82) is 5.26 Å². The molecular weight excluding hydrogens is 193 g/mol. The molecule has 1 nitrogen and oxygen atoms in total. The van der Waals surface area contributed by atoms with Gasteiger partial charge in [-0.25, -0.2) is 0 Å². The summed E-state index contributed by atoms with van der Waals surface area (Å²) in [7, 11) is 0. The van der Waals surface area contributed by atoms with Crippen LogP contribution in [0.15, 0.2) is 0 Å². The molecule has 0 heterocycles. The van der Waals surface area contributed by atoms with E-state index in [-0.39, 0.29) is 0 Å². The van der Waals surface area contributed by atoms with Crippen LogP contribution in [0.5, 0.6) is 0 Å². The predicted molar refractivity (Wildman–Crippen MR) is 33.9 cm³/mol. The van der Waals surface area contributed by atoms with Crippen LogP contribution in [-0.2, 0) is 0 Å². The maximum absolute atomic E-state index is 8.10. The number of nitrogens with zero attached hydrogens (tertiary/aromatic N) is 1. The predicted octanol–water partition coefficient (Wildman–Crippen LogP) is 1.39. The molecule has 0 bridgehead atoms. The second kappa shape index (κ2) is 4.45. The molecule has 0 fully saturated rings.